The number of hydrogen-bond acceptors (Lipinski definition) is 2. The number of rotatable bonds is 6. The van der Waals surface area contributed by atoms with E-state index in [9.17, 15) is 0 Å². The minimum absolute atomic E-state index is 0.181. The molecule has 0 spiro atoms. The van der Waals surface area contributed by atoms with Gasteiger partial charge in [-0.3, -0.25) is 4.90 Å². The Morgan fingerprint density at radius 1 is 1.20 bits per heavy atom. The van der Waals surface area contributed by atoms with E-state index in [1.807, 2.05) is 6.08 Å². The lowest BCUT2D eigenvalue weighted by atomic mass is 9.84. The SMILES string of the molecule is C=CCN(CCO)Cc1c(C)cc(C(C)(C)C)cc1C. The molecular formula is C18H29NO. The van der Waals surface area contributed by atoms with Crippen LogP contribution in [-0.4, -0.2) is 29.7 Å². The lowest BCUT2D eigenvalue weighted by molar-refractivity contribution is 0.203. The molecule has 2 heteroatoms. The Kier molecular flexibility index (Phi) is 5.97. The number of aliphatic hydroxyl groups is 1. The summed E-state index contributed by atoms with van der Waals surface area (Å²) in [6.07, 6.45) is 1.89. The van der Waals surface area contributed by atoms with Crippen LogP contribution in [0.4, 0.5) is 0 Å². The van der Waals surface area contributed by atoms with E-state index in [2.05, 4.69) is 58.2 Å². The van der Waals surface area contributed by atoms with Gasteiger partial charge >= 0.3 is 0 Å². The van der Waals surface area contributed by atoms with E-state index in [1.165, 1.54) is 22.3 Å². The fourth-order valence-corrected chi connectivity index (χ4v) is 2.46. The molecule has 20 heavy (non-hydrogen) atoms. The number of nitrogens with zero attached hydrogens (tertiary/aromatic N) is 1. The Labute approximate surface area is 124 Å². The van der Waals surface area contributed by atoms with Gasteiger partial charge in [0.15, 0.2) is 0 Å². The standard InChI is InChI=1S/C18H29NO/c1-7-8-19(9-10-20)13-17-14(2)11-16(12-15(17)3)18(4,5)6/h7,11-12,20H,1,8-10,13H2,2-6H3. The molecule has 1 N–H and O–H groups in total. The second-order valence-corrected chi connectivity index (χ2v) is 6.59. The highest BCUT2D eigenvalue weighted by atomic mass is 16.3. The summed E-state index contributed by atoms with van der Waals surface area (Å²) in [4.78, 5) is 2.22. The maximum Gasteiger partial charge on any atom is 0.0558 e. The summed E-state index contributed by atoms with van der Waals surface area (Å²) in [5.41, 5.74) is 5.60. The Hall–Kier alpha value is -1.12. The molecule has 0 aromatic heterocycles. The van der Waals surface area contributed by atoms with Crippen molar-refractivity contribution in [3.8, 4) is 0 Å². The molecule has 0 saturated carbocycles. The van der Waals surface area contributed by atoms with Gasteiger partial charge < -0.3 is 5.11 Å². The van der Waals surface area contributed by atoms with Crippen LogP contribution in [0.2, 0.25) is 0 Å². The normalized spacial score (nSPS) is 11.9. The topological polar surface area (TPSA) is 23.5 Å². The van der Waals surface area contributed by atoms with E-state index >= 15 is 0 Å². The molecule has 0 atom stereocenters. The third-order valence-electron chi connectivity index (χ3n) is 3.75. The van der Waals surface area contributed by atoms with Gasteiger partial charge in [0.25, 0.3) is 0 Å². The zero-order chi connectivity index (χ0) is 15.3. The van der Waals surface area contributed by atoms with Gasteiger partial charge in [0.1, 0.15) is 0 Å². The van der Waals surface area contributed by atoms with Gasteiger partial charge in [-0.2, -0.15) is 0 Å². The van der Waals surface area contributed by atoms with Gasteiger partial charge in [-0.25, -0.2) is 0 Å². The van der Waals surface area contributed by atoms with Crippen molar-refractivity contribution in [3.05, 3.63) is 47.0 Å². The van der Waals surface area contributed by atoms with E-state index in [0.717, 1.165) is 13.1 Å². The van der Waals surface area contributed by atoms with Crippen molar-refractivity contribution in [1.82, 2.24) is 4.90 Å². The summed E-state index contributed by atoms with van der Waals surface area (Å²) in [6.45, 7) is 17.4. The van der Waals surface area contributed by atoms with E-state index in [1.54, 1.807) is 0 Å². The molecule has 0 saturated heterocycles. The van der Waals surface area contributed by atoms with Gasteiger partial charge in [0.05, 0.1) is 6.61 Å². The third-order valence-corrected chi connectivity index (χ3v) is 3.75. The maximum atomic E-state index is 9.15. The highest BCUT2D eigenvalue weighted by molar-refractivity contribution is 5.40. The zero-order valence-corrected chi connectivity index (χ0v) is 13.7. The molecule has 0 amide bonds. The zero-order valence-electron chi connectivity index (χ0n) is 13.7. The smallest absolute Gasteiger partial charge is 0.0558 e. The largest absolute Gasteiger partial charge is 0.395 e. The minimum atomic E-state index is 0.181. The summed E-state index contributed by atoms with van der Waals surface area (Å²) in [7, 11) is 0. The summed E-state index contributed by atoms with van der Waals surface area (Å²) < 4.78 is 0. The summed E-state index contributed by atoms with van der Waals surface area (Å²) >= 11 is 0. The fraction of sp³-hybridized carbons (Fsp3) is 0.556. The predicted octanol–water partition coefficient (Wildman–Crippen LogP) is 3.58. The molecule has 0 bridgehead atoms. The average molecular weight is 275 g/mol. The van der Waals surface area contributed by atoms with Gasteiger partial charge in [-0.15, -0.1) is 6.58 Å². The van der Waals surface area contributed by atoms with Crippen LogP contribution >= 0.6 is 0 Å². The molecule has 112 valence electrons. The predicted molar refractivity (Wildman–Crippen MR) is 87.2 cm³/mol. The second kappa shape index (κ2) is 7.05. The van der Waals surface area contributed by atoms with Crippen molar-refractivity contribution in [1.29, 1.82) is 0 Å². The van der Waals surface area contributed by atoms with Crippen molar-refractivity contribution < 1.29 is 5.11 Å². The lowest BCUT2D eigenvalue weighted by Gasteiger charge is -2.25. The van der Waals surface area contributed by atoms with Gasteiger partial charge in [-0.1, -0.05) is 39.0 Å². The molecule has 0 aliphatic heterocycles. The maximum absolute atomic E-state index is 9.15. The van der Waals surface area contributed by atoms with Crippen LogP contribution in [0.25, 0.3) is 0 Å². The molecule has 0 heterocycles. The summed E-state index contributed by atoms with van der Waals surface area (Å²) in [5.74, 6) is 0. The lowest BCUT2D eigenvalue weighted by Crippen LogP contribution is -2.27. The molecule has 1 aromatic carbocycles. The van der Waals surface area contributed by atoms with Crippen LogP contribution in [0.5, 0.6) is 0 Å². The quantitative estimate of drug-likeness (QED) is 0.802. The molecular weight excluding hydrogens is 246 g/mol. The Morgan fingerprint density at radius 2 is 1.75 bits per heavy atom. The number of aryl methyl sites for hydroxylation is 2. The average Bonchev–Trinajstić information content (AvgIpc) is 2.32. The monoisotopic (exact) mass is 275 g/mol. The van der Waals surface area contributed by atoms with Crippen LogP contribution in [0, 0.1) is 13.8 Å². The van der Waals surface area contributed by atoms with Crippen molar-refractivity contribution in [2.75, 3.05) is 19.7 Å². The minimum Gasteiger partial charge on any atom is -0.395 e. The Morgan fingerprint density at radius 3 is 2.15 bits per heavy atom. The third kappa shape index (κ3) is 4.46. The first-order valence-electron chi connectivity index (χ1n) is 7.34. The van der Waals surface area contributed by atoms with Crippen LogP contribution < -0.4 is 0 Å². The molecule has 2 nitrogen and oxygen atoms in total. The molecule has 0 unspecified atom stereocenters. The summed E-state index contributed by atoms with van der Waals surface area (Å²) in [6, 6.07) is 4.60. The van der Waals surface area contributed by atoms with E-state index < -0.39 is 0 Å². The Balaban J connectivity index is 3.04. The van der Waals surface area contributed by atoms with Gasteiger partial charge in [0.2, 0.25) is 0 Å². The number of benzene rings is 1. The first-order valence-corrected chi connectivity index (χ1v) is 7.34. The van der Waals surface area contributed by atoms with E-state index in [4.69, 9.17) is 5.11 Å². The van der Waals surface area contributed by atoms with Crippen LogP contribution in [0.1, 0.15) is 43.0 Å². The number of hydrogen-bond donors (Lipinski definition) is 1. The molecule has 0 aliphatic carbocycles. The number of aliphatic hydroxyl groups excluding tert-OH is 1. The van der Waals surface area contributed by atoms with Crippen LogP contribution in [0.15, 0.2) is 24.8 Å². The van der Waals surface area contributed by atoms with Crippen LogP contribution in [0.3, 0.4) is 0 Å². The molecule has 1 rings (SSSR count). The fourth-order valence-electron chi connectivity index (χ4n) is 2.46. The Bertz CT molecular complexity index is 434. The van der Waals surface area contributed by atoms with Crippen molar-refractivity contribution >= 4 is 0 Å². The van der Waals surface area contributed by atoms with E-state index in [-0.39, 0.29) is 12.0 Å². The van der Waals surface area contributed by atoms with Crippen molar-refractivity contribution in [3.63, 3.8) is 0 Å². The van der Waals surface area contributed by atoms with Gasteiger partial charge in [0, 0.05) is 19.6 Å². The van der Waals surface area contributed by atoms with Gasteiger partial charge in [-0.05, 0) is 41.5 Å². The molecule has 1 aromatic rings. The highest BCUT2D eigenvalue weighted by Gasteiger charge is 2.17. The summed E-state index contributed by atoms with van der Waals surface area (Å²) in [5, 5.41) is 9.15. The second-order valence-electron chi connectivity index (χ2n) is 6.59. The van der Waals surface area contributed by atoms with Crippen molar-refractivity contribution in [2.24, 2.45) is 0 Å². The molecule has 0 radical (unpaired) electrons. The van der Waals surface area contributed by atoms with E-state index in [0.29, 0.717) is 6.54 Å². The van der Waals surface area contributed by atoms with Crippen molar-refractivity contribution in [2.45, 2.75) is 46.6 Å². The molecule has 0 aliphatic rings. The highest BCUT2D eigenvalue weighted by Crippen LogP contribution is 2.27. The first kappa shape index (κ1) is 16.9. The molecule has 0 fully saturated rings. The first-order chi connectivity index (χ1) is 9.29. The van der Waals surface area contributed by atoms with Crippen LogP contribution in [-0.2, 0) is 12.0 Å².